The third kappa shape index (κ3) is 4.45. The summed E-state index contributed by atoms with van der Waals surface area (Å²) in [6.07, 6.45) is 0. The van der Waals surface area contributed by atoms with Gasteiger partial charge in [-0.25, -0.2) is 0 Å². The van der Waals surface area contributed by atoms with Gasteiger partial charge in [-0.3, -0.25) is 0 Å². The summed E-state index contributed by atoms with van der Waals surface area (Å²) in [5, 5.41) is 27.3. The first-order valence-electron chi connectivity index (χ1n) is 18.3. The first kappa shape index (κ1) is 30.7. The van der Waals surface area contributed by atoms with Crippen molar-refractivity contribution in [2.75, 3.05) is 0 Å². The Morgan fingerprint density at radius 3 is 1.45 bits per heavy atom. The topological polar surface area (TPSA) is 62.4 Å². The Kier molecular flexibility index (Phi) is 6.61. The van der Waals surface area contributed by atoms with Gasteiger partial charge in [0.15, 0.2) is 0 Å². The van der Waals surface area contributed by atoms with Crippen LogP contribution in [0.25, 0.3) is 93.6 Å². The van der Waals surface area contributed by atoms with E-state index in [4.69, 9.17) is 0 Å². The van der Waals surface area contributed by atoms with E-state index in [0.717, 1.165) is 61.0 Å². The predicted octanol–water partition coefficient (Wildman–Crippen LogP) is 12.4. The molecule has 0 fully saturated rings. The summed E-state index contributed by atoms with van der Waals surface area (Å²) in [6.45, 7) is 0. The molecule has 0 spiro atoms. The molecule has 5 nitrogen and oxygen atoms in total. The lowest BCUT2D eigenvalue weighted by Gasteiger charge is -2.16. The summed E-state index contributed by atoms with van der Waals surface area (Å²) in [5.41, 5.74) is 12.6. The second kappa shape index (κ2) is 11.8. The molecule has 0 aliphatic rings. The Labute approximate surface area is 316 Å². The molecule has 0 unspecified atom stereocenters. The molecule has 0 saturated carbocycles. The zero-order chi connectivity index (χ0) is 36.6. The van der Waals surface area contributed by atoms with Crippen LogP contribution in [0.1, 0.15) is 11.1 Å². The molecular formula is C50H29N5. The quantitative estimate of drug-likeness (QED) is 0.184. The standard InChI is InChI=1S/C50H29N5/c51-30-32-20-26-41-39-13-3-8-18-46(39)55(49(41)28-32)48-19-9-10-34(31-52)50(48)33-21-23-35(24-22-33)53-45-17-7-4-14-40(45)42-29-36(25-27-47(42)53)54-43-15-5-1-11-37(43)38-12-2-6-16-44(38)54/h1-29H. The fourth-order valence-corrected chi connectivity index (χ4v) is 8.78. The van der Waals surface area contributed by atoms with E-state index in [2.05, 4.69) is 159 Å². The molecular weight excluding hydrogens is 671 g/mol. The summed E-state index contributed by atoms with van der Waals surface area (Å²) < 4.78 is 6.89. The molecule has 55 heavy (non-hydrogen) atoms. The maximum atomic E-state index is 10.5. The fourth-order valence-electron chi connectivity index (χ4n) is 8.78. The Morgan fingerprint density at radius 2 is 0.855 bits per heavy atom. The van der Waals surface area contributed by atoms with E-state index in [1.807, 2.05) is 42.5 Å². The average molecular weight is 700 g/mol. The van der Waals surface area contributed by atoms with Crippen LogP contribution in [0.5, 0.6) is 0 Å². The number of nitrogens with zero attached hydrogens (tertiary/aromatic N) is 5. The van der Waals surface area contributed by atoms with Crippen LogP contribution in [0.3, 0.4) is 0 Å². The predicted molar refractivity (Wildman–Crippen MR) is 224 cm³/mol. The lowest BCUT2D eigenvalue weighted by atomic mass is 9.97. The van der Waals surface area contributed by atoms with E-state index in [-0.39, 0.29) is 0 Å². The van der Waals surface area contributed by atoms with Crippen molar-refractivity contribution in [2.45, 2.75) is 0 Å². The van der Waals surface area contributed by atoms with Crippen LogP contribution in [0, 0.1) is 22.7 Å². The van der Waals surface area contributed by atoms with Crippen molar-refractivity contribution in [1.29, 1.82) is 10.5 Å². The van der Waals surface area contributed by atoms with Crippen molar-refractivity contribution in [1.82, 2.24) is 13.7 Å². The van der Waals surface area contributed by atoms with Gasteiger partial charge in [0.1, 0.15) is 0 Å². The van der Waals surface area contributed by atoms with Crippen LogP contribution in [-0.4, -0.2) is 13.7 Å². The van der Waals surface area contributed by atoms with Crippen LogP contribution in [-0.2, 0) is 0 Å². The molecule has 0 N–H and O–H groups in total. The van der Waals surface area contributed by atoms with Gasteiger partial charge in [0.2, 0.25) is 0 Å². The highest BCUT2D eigenvalue weighted by Gasteiger charge is 2.20. The minimum atomic E-state index is 0.585. The molecule has 3 aromatic heterocycles. The Balaban J connectivity index is 1.09. The minimum Gasteiger partial charge on any atom is -0.309 e. The molecule has 0 atom stereocenters. The van der Waals surface area contributed by atoms with Gasteiger partial charge in [0, 0.05) is 49.3 Å². The molecule has 254 valence electrons. The first-order valence-corrected chi connectivity index (χ1v) is 18.3. The number of hydrogen-bond acceptors (Lipinski definition) is 2. The lowest BCUT2D eigenvalue weighted by Crippen LogP contribution is -2.00. The smallest absolute Gasteiger partial charge is 0.0998 e. The lowest BCUT2D eigenvalue weighted by molar-refractivity contribution is 1.16. The van der Waals surface area contributed by atoms with Crippen LogP contribution in [0.4, 0.5) is 0 Å². The van der Waals surface area contributed by atoms with Crippen LogP contribution < -0.4 is 0 Å². The molecule has 5 heteroatoms. The van der Waals surface area contributed by atoms with Crippen LogP contribution in [0.2, 0.25) is 0 Å². The van der Waals surface area contributed by atoms with Gasteiger partial charge in [-0.1, -0.05) is 97.1 Å². The maximum absolute atomic E-state index is 10.5. The Bertz CT molecular complexity index is 3400. The highest BCUT2D eigenvalue weighted by atomic mass is 15.0. The molecule has 0 aliphatic heterocycles. The zero-order valence-corrected chi connectivity index (χ0v) is 29.5. The number of para-hydroxylation sites is 4. The second-order valence-electron chi connectivity index (χ2n) is 14.0. The minimum absolute atomic E-state index is 0.585. The van der Waals surface area contributed by atoms with E-state index in [1.165, 1.54) is 32.6 Å². The number of hydrogen-bond donors (Lipinski definition) is 0. The normalized spacial score (nSPS) is 11.6. The molecule has 0 radical (unpaired) electrons. The molecule has 0 saturated heterocycles. The van der Waals surface area contributed by atoms with Gasteiger partial charge in [-0.05, 0) is 84.4 Å². The van der Waals surface area contributed by atoms with Crippen molar-refractivity contribution in [3.05, 3.63) is 187 Å². The summed E-state index contributed by atoms with van der Waals surface area (Å²) >= 11 is 0. The van der Waals surface area contributed by atoms with Gasteiger partial charge in [0.05, 0.1) is 62.1 Å². The molecule has 0 amide bonds. The summed E-state index contributed by atoms with van der Waals surface area (Å²) in [7, 11) is 0. The van der Waals surface area contributed by atoms with Crippen molar-refractivity contribution >= 4 is 65.4 Å². The number of benzene rings is 8. The Hall–Kier alpha value is -7.86. The van der Waals surface area contributed by atoms with Crippen molar-refractivity contribution in [3.63, 3.8) is 0 Å². The molecule has 0 aliphatic carbocycles. The Morgan fingerprint density at radius 1 is 0.345 bits per heavy atom. The summed E-state index contributed by atoms with van der Waals surface area (Å²) in [6, 6.07) is 65.9. The van der Waals surface area contributed by atoms with Crippen molar-refractivity contribution in [2.24, 2.45) is 0 Å². The first-order chi connectivity index (χ1) is 27.2. The van der Waals surface area contributed by atoms with Gasteiger partial charge >= 0.3 is 0 Å². The summed E-state index contributed by atoms with van der Waals surface area (Å²) in [4.78, 5) is 0. The number of fused-ring (bicyclic) bond motifs is 9. The second-order valence-corrected chi connectivity index (χ2v) is 14.0. The maximum Gasteiger partial charge on any atom is 0.0998 e. The van der Waals surface area contributed by atoms with Crippen LogP contribution >= 0.6 is 0 Å². The third-order valence-corrected chi connectivity index (χ3v) is 11.1. The molecule has 8 aromatic carbocycles. The summed E-state index contributed by atoms with van der Waals surface area (Å²) in [5.74, 6) is 0. The van der Waals surface area contributed by atoms with E-state index in [9.17, 15) is 10.5 Å². The average Bonchev–Trinajstić information content (AvgIpc) is 3.88. The van der Waals surface area contributed by atoms with Gasteiger partial charge < -0.3 is 13.7 Å². The highest BCUT2D eigenvalue weighted by Crippen LogP contribution is 2.40. The monoisotopic (exact) mass is 699 g/mol. The van der Waals surface area contributed by atoms with Gasteiger partial charge in [-0.15, -0.1) is 0 Å². The van der Waals surface area contributed by atoms with E-state index < -0.39 is 0 Å². The number of aromatic nitrogens is 3. The number of nitriles is 2. The molecule has 11 aromatic rings. The zero-order valence-electron chi connectivity index (χ0n) is 29.5. The molecule has 11 rings (SSSR count). The van der Waals surface area contributed by atoms with E-state index in [1.54, 1.807) is 0 Å². The van der Waals surface area contributed by atoms with Gasteiger partial charge in [0.25, 0.3) is 0 Å². The fraction of sp³-hybridized carbons (Fsp3) is 0. The highest BCUT2D eigenvalue weighted by molar-refractivity contribution is 6.13. The van der Waals surface area contributed by atoms with E-state index in [0.29, 0.717) is 11.1 Å². The molecule has 3 heterocycles. The largest absolute Gasteiger partial charge is 0.309 e. The molecule has 0 bridgehead atoms. The third-order valence-electron chi connectivity index (χ3n) is 11.1. The number of rotatable bonds is 4. The SMILES string of the molecule is N#Cc1ccc2c3ccccc3n(-c3cccc(C#N)c3-c3ccc(-n4c5ccccc5c5cc(-n6c7ccccc7c7ccccc76)ccc54)cc3)c2c1. The van der Waals surface area contributed by atoms with Crippen molar-refractivity contribution in [3.8, 4) is 40.3 Å². The van der Waals surface area contributed by atoms with Crippen LogP contribution in [0.15, 0.2) is 176 Å². The van der Waals surface area contributed by atoms with Gasteiger partial charge in [-0.2, -0.15) is 10.5 Å². The van der Waals surface area contributed by atoms with E-state index >= 15 is 0 Å². The van der Waals surface area contributed by atoms with Crippen molar-refractivity contribution < 1.29 is 0 Å².